The van der Waals surface area contributed by atoms with E-state index >= 15 is 0 Å². The van der Waals surface area contributed by atoms with Crippen LogP contribution < -0.4 is 5.32 Å². The van der Waals surface area contributed by atoms with Crippen molar-refractivity contribution in [2.24, 2.45) is 5.92 Å². The Morgan fingerprint density at radius 3 is 2.76 bits per heavy atom. The molecule has 0 bridgehead atoms. The van der Waals surface area contributed by atoms with Gasteiger partial charge in [-0.3, -0.25) is 9.69 Å². The molecule has 1 N–H and O–H groups in total. The molecule has 0 aliphatic carbocycles. The normalized spacial score (nSPS) is 17.3. The summed E-state index contributed by atoms with van der Waals surface area (Å²) in [6.45, 7) is 3.04. The van der Waals surface area contributed by atoms with Crippen molar-refractivity contribution in [1.29, 1.82) is 0 Å². The van der Waals surface area contributed by atoms with Crippen LogP contribution in [0.1, 0.15) is 36.8 Å². The molecule has 8 heteroatoms. The molecule has 2 aromatic rings. The van der Waals surface area contributed by atoms with E-state index in [1.807, 2.05) is 18.6 Å². The van der Waals surface area contributed by atoms with Gasteiger partial charge in [0, 0.05) is 44.0 Å². The molecule has 0 radical (unpaired) electrons. The van der Waals surface area contributed by atoms with Gasteiger partial charge in [-0.15, -0.1) is 0 Å². The van der Waals surface area contributed by atoms with Crippen LogP contribution in [0, 0.1) is 17.6 Å². The molecular formula is C21H26F2N4OS. The smallest absolute Gasteiger partial charge is 0.220 e. The zero-order valence-corrected chi connectivity index (χ0v) is 17.4. The van der Waals surface area contributed by atoms with E-state index in [4.69, 9.17) is 0 Å². The number of thioether (sulfide) groups is 1. The monoisotopic (exact) mass is 420 g/mol. The summed E-state index contributed by atoms with van der Waals surface area (Å²) in [4.78, 5) is 23.2. The molecule has 1 aromatic carbocycles. The minimum absolute atomic E-state index is 0.0621. The van der Waals surface area contributed by atoms with E-state index < -0.39 is 11.6 Å². The van der Waals surface area contributed by atoms with Crippen molar-refractivity contribution >= 4 is 17.7 Å². The first kappa shape index (κ1) is 21.6. The zero-order chi connectivity index (χ0) is 20.6. The molecule has 0 spiro atoms. The van der Waals surface area contributed by atoms with Crippen molar-refractivity contribution in [3.63, 3.8) is 0 Å². The third-order valence-electron chi connectivity index (χ3n) is 5.13. The van der Waals surface area contributed by atoms with Gasteiger partial charge in [-0.25, -0.2) is 18.7 Å². The summed E-state index contributed by atoms with van der Waals surface area (Å²) in [6.07, 6.45) is 9.22. The van der Waals surface area contributed by atoms with Crippen LogP contribution in [0.15, 0.2) is 35.7 Å². The minimum Gasteiger partial charge on any atom is -0.352 e. The van der Waals surface area contributed by atoms with Gasteiger partial charge < -0.3 is 5.32 Å². The van der Waals surface area contributed by atoms with Gasteiger partial charge in [-0.1, -0.05) is 17.8 Å². The van der Waals surface area contributed by atoms with Gasteiger partial charge >= 0.3 is 0 Å². The first-order valence-electron chi connectivity index (χ1n) is 9.81. The lowest BCUT2D eigenvalue weighted by Gasteiger charge is -2.32. The Bertz CT molecular complexity index is 819. The maximum atomic E-state index is 13.2. The fourth-order valence-electron chi connectivity index (χ4n) is 3.59. The third kappa shape index (κ3) is 6.75. The second-order valence-electron chi connectivity index (χ2n) is 7.39. The third-order valence-corrected chi connectivity index (χ3v) is 5.70. The van der Waals surface area contributed by atoms with Crippen molar-refractivity contribution in [1.82, 2.24) is 20.2 Å². The molecule has 1 fully saturated rings. The Kier molecular flexibility index (Phi) is 7.94. The van der Waals surface area contributed by atoms with E-state index in [9.17, 15) is 13.6 Å². The molecule has 1 saturated heterocycles. The number of hydrogen-bond donors (Lipinski definition) is 1. The molecule has 156 valence electrons. The largest absolute Gasteiger partial charge is 0.352 e. The maximum Gasteiger partial charge on any atom is 0.220 e. The quantitative estimate of drug-likeness (QED) is 0.520. The van der Waals surface area contributed by atoms with E-state index in [1.165, 1.54) is 17.8 Å². The average molecular weight is 421 g/mol. The fourth-order valence-corrected chi connectivity index (χ4v) is 3.91. The summed E-state index contributed by atoms with van der Waals surface area (Å²) >= 11 is 1.53. The molecular weight excluding hydrogens is 394 g/mol. The van der Waals surface area contributed by atoms with Crippen LogP contribution in [0.2, 0.25) is 0 Å². The number of benzene rings is 1. The molecule has 1 aromatic heterocycles. The Morgan fingerprint density at radius 1 is 1.24 bits per heavy atom. The highest BCUT2D eigenvalue weighted by Crippen LogP contribution is 2.22. The van der Waals surface area contributed by atoms with Crippen LogP contribution in [0.5, 0.6) is 0 Å². The van der Waals surface area contributed by atoms with Gasteiger partial charge in [-0.2, -0.15) is 0 Å². The lowest BCUT2D eigenvalue weighted by Crippen LogP contribution is -2.35. The van der Waals surface area contributed by atoms with Gasteiger partial charge in [0.2, 0.25) is 5.91 Å². The summed E-state index contributed by atoms with van der Waals surface area (Å²) in [5.41, 5.74) is 1.66. The van der Waals surface area contributed by atoms with Gasteiger partial charge in [0.1, 0.15) is 0 Å². The zero-order valence-electron chi connectivity index (χ0n) is 16.5. The van der Waals surface area contributed by atoms with E-state index in [0.717, 1.165) is 61.7 Å². The number of nitrogens with zero attached hydrogens (tertiary/aromatic N) is 3. The summed E-state index contributed by atoms with van der Waals surface area (Å²) in [5, 5.41) is 3.56. The van der Waals surface area contributed by atoms with Gasteiger partial charge in [-0.05, 0) is 55.7 Å². The first-order chi connectivity index (χ1) is 14.0. The second-order valence-corrected chi connectivity index (χ2v) is 8.16. The molecule has 0 saturated carbocycles. The Morgan fingerprint density at radius 2 is 2.03 bits per heavy atom. The Balaban J connectivity index is 1.40. The minimum atomic E-state index is -0.896. The first-order valence-corrected chi connectivity index (χ1v) is 11.0. The van der Waals surface area contributed by atoms with Crippen molar-refractivity contribution in [3.8, 4) is 0 Å². The number of carbonyl (C=O) groups is 1. The summed E-state index contributed by atoms with van der Waals surface area (Å²) in [7, 11) is 0. The highest BCUT2D eigenvalue weighted by molar-refractivity contribution is 7.98. The summed E-state index contributed by atoms with van der Waals surface area (Å²) in [6, 6.07) is 3.67. The highest BCUT2D eigenvalue weighted by atomic mass is 32.2. The number of carbonyl (C=O) groups excluding carboxylic acids is 1. The highest BCUT2D eigenvalue weighted by Gasteiger charge is 2.21. The van der Waals surface area contributed by atoms with Crippen LogP contribution >= 0.6 is 11.8 Å². The van der Waals surface area contributed by atoms with E-state index in [1.54, 1.807) is 0 Å². The van der Waals surface area contributed by atoms with Gasteiger partial charge in [0.25, 0.3) is 0 Å². The Labute approximate surface area is 174 Å². The molecule has 1 amide bonds. The number of likely N-dealkylation sites (tertiary alicyclic amines) is 1. The van der Waals surface area contributed by atoms with Gasteiger partial charge in [0.15, 0.2) is 16.8 Å². The molecule has 1 atom stereocenters. The van der Waals surface area contributed by atoms with Gasteiger partial charge in [0.05, 0.1) is 0 Å². The number of hydrogen-bond acceptors (Lipinski definition) is 5. The molecule has 1 aliphatic rings. The summed E-state index contributed by atoms with van der Waals surface area (Å²) < 4.78 is 26.2. The van der Waals surface area contributed by atoms with Crippen molar-refractivity contribution in [2.45, 2.75) is 43.9 Å². The average Bonchev–Trinajstić information content (AvgIpc) is 2.74. The number of nitrogens with one attached hydrogen (secondary N) is 1. The molecule has 5 nitrogen and oxygen atoms in total. The standard InChI is InChI=1S/C21H26F2N4OS/c1-29-21-25-11-17(12-26-21)14-27-8-2-3-15(13-27)5-7-20(28)24-10-16-4-6-18(22)19(23)9-16/h4,6,9,11-12,15H,2-3,5,7-8,10,13-14H2,1H3,(H,24,28). The van der Waals surface area contributed by atoms with Crippen molar-refractivity contribution in [3.05, 3.63) is 53.4 Å². The second kappa shape index (κ2) is 10.6. The SMILES string of the molecule is CSc1ncc(CN2CCCC(CCC(=O)NCc3ccc(F)c(F)c3)C2)cn1. The fraction of sp³-hybridized carbons (Fsp3) is 0.476. The predicted octanol–water partition coefficient (Wildman–Crippen LogP) is 3.79. The van der Waals surface area contributed by atoms with E-state index in [-0.39, 0.29) is 12.5 Å². The summed E-state index contributed by atoms with van der Waals surface area (Å²) in [5.74, 6) is -1.36. The molecule has 3 rings (SSSR count). The molecule has 29 heavy (non-hydrogen) atoms. The maximum absolute atomic E-state index is 13.2. The number of rotatable bonds is 8. The van der Waals surface area contributed by atoms with Crippen LogP contribution in [-0.2, 0) is 17.9 Å². The topological polar surface area (TPSA) is 58.1 Å². The Hall–Kier alpha value is -2.06. The number of halogens is 2. The lowest BCUT2D eigenvalue weighted by atomic mass is 9.93. The lowest BCUT2D eigenvalue weighted by molar-refractivity contribution is -0.121. The van der Waals surface area contributed by atoms with Crippen molar-refractivity contribution in [2.75, 3.05) is 19.3 Å². The van der Waals surface area contributed by atoms with Crippen LogP contribution in [0.3, 0.4) is 0 Å². The number of amides is 1. The molecule has 1 unspecified atom stereocenters. The molecule has 1 aliphatic heterocycles. The number of piperidine rings is 1. The van der Waals surface area contributed by atoms with Crippen molar-refractivity contribution < 1.29 is 13.6 Å². The predicted molar refractivity (Wildman–Crippen MR) is 109 cm³/mol. The van der Waals surface area contributed by atoms with Crippen LogP contribution in [0.25, 0.3) is 0 Å². The van der Waals surface area contributed by atoms with Crippen LogP contribution in [0.4, 0.5) is 8.78 Å². The molecule has 2 heterocycles. The van der Waals surface area contributed by atoms with E-state index in [2.05, 4.69) is 20.2 Å². The van der Waals surface area contributed by atoms with Crippen LogP contribution in [-0.4, -0.2) is 40.1 Å². The number of aromatic nitrogens is 2. The van der Waals surface area contributed by atoms with E-state index in [0.29, 0.717) is 17.9 Å².